The molecule has 0 amide bonds. The molecular formula is C10H18N2O2S2. The summed E-state index contributed by atoms with van der Waals surface area (Å²) in [4.78, 5) is 10.4. The molecule has 0 saturated carbocycles. The molecule has 0 spiro atoms. The summed E-state index contributed by atoms with van der Waals surface area (Å²) in [7, 11) is 0. The van der Waals surface area contributed by atoms with E-state index >= 15 is 0 Å². The Hall–Kier alpha value is -0.300. The minimum atomic E-state index is 0.626. The first-order chi connectivity index (χ1) is 7.69. The molecule has 1 aliphatic rings. The van der Waals surface area contributed by atoms with Crippen LogP contribution >= 0.6 is 23.5 Å². The van der Waals surface area contributed by atoms with E-state index in [0.29, 0.717) is 13.2 Å². The predicted molar refractivity (Wildman–Crippen MR) is 70.1 cm³/mol. The first-order valence-electron chi connectivity index (χ1n) is 5.22. The molecule has 0 aromatic heterocycles. The molecule has 0 aliphatic carbocycles. The molecule has 0 atom stereocenters. The van der Waals surface area contributed by atoms with Gasteiger partial charge in [0, 0.05) is 0 Å². The van der Waals surface area contributed by atoms with Gasteiger partial charge in [0.25, 0.3) is 0 Å². The lowest BCUT2D eigenvalue weighted by molar-refractivity contribution is 0.0663. The number of hydrogen-bond donors (Lipinski definition) is 2. The third kappa shape index (κ3) is 3.93. The Bertz CT molecular complexity index is 277. The van der Waals surface area contributed by atoms with Crippen molar-refractivity contribution in [2.24, 2.45) is 0 Å². The van der Waals surface area contributed by atoms with Crippen LogP contribution in [0.4, 0.5) is 0 Å². The number of nitrogens with one attached hydrogen (secondary N) is 2. The molecule has 1 aliphatic heterocycles. The third-order valence-corrected chi connectivity index (χ3v) is 4.42. The van der Waals surface area contributed by atoms with Gasteiger partial charge in [0.15, 0.2) is 0 Å². The number of allylic oxidation sites excluding steroid dienone is 1. The standard InChI is InChI=1S/C10H18N2O2S2/c1-5-13-11-8-9(12-14-6-2)16-10(15-8)7(3)4/h11-12H,5-6H2,1-4H3. The van der Waals surface area contributed by atoms with Gasteiger partial charge in [-0.15, -0.1) is 0 Å². The fourth-order valence-corrected chi connectivity index (χ4v) is 3.08. The molecule has 0 unspecified atom stereocenters. The van der Waals surface area contributed by atoms with Crippen molar-refractivity contribution in [3.8, 4) is 0 Å². The molecule has 6 heteroatoms. The Kier molecular flexibility index (Phi) is 6.12. The zero-order valence-electron chi connectivity index (χ0n) is 10.0. The van der Waals surface area contributed by atoms with E-state index in [1.54, 1.807) is 23.5 Å². The molecule has 2 N–H and O–H groups in total. The predicted octanol–water partition coefficient (Wildman–Crippen LogP) is 2.93. The topological polar surface area (TPSA) is 42.5 Å². The Labute approximate surface area is 105 Å². The first-order valence-corrected chi connectivity index (χ1v) is 6.85. The van der Waals surface area contributed by atoms with Gasteiger partial charge in [0.2, 0.25) is 0 Å². The molecule has 4 nitrogen and oxygen atoms in total. The average molecular weight is 262 g/mol. The molecule has 92 valence electrons. The highest BCUT2D eigenvalue weighted by atomic mass is 32.2. The molecule has 1 rings (SSSR count). The maximum atomic E-state index is 5.20. The second-order valence-electron chi connectivity index (χ2n) is 3.22. The smallest absolute Gasteiger partial charge is 0.131 e. The molecular weight excluding hydrogens is 244 g/mol. The van der Waals surface area contributed by atoms with E-state index in [9.17, 15) is 0 Å². The van der Waals surface area contributed by atoms with Crippen LogP contribution < -0.4 is 11.0 Å². The number of thioether (sulfide) groups is 2. The van der Waals surface area contributed by atoms with Crippen molar-refractivity contribution in [1.82, 2.24) is 11.0 Å². The van der Waals surface area contributed by atoms with Crippen molar-refractivity contribution in [1.29, 1.82) is 0 Å². The minimum Gasteiger partial charge on any atom is -0.276 e. The average Bonchev–Trinajstić information content (AvgIpc) is 2.67. The summed E-state index contributed by atoms with van der Waals surface area (Å²) in [5.41, 5.74) is 7.13. The largest absolute Gasteiger partial charge is 0.276 e. The fraction of sp³-hybridized carbons (Fsp3) is 0.600. The van der Waals surface area contributed by atoms with Crippen LogP contribution in [0.25, 0.3) is 0 Å². The van der Waals surface area contributed by atoms with E-state index in [1.165, 1.54) is 9.81 Å². The summed E-state index contributed by atoms with van der Waals surface area (Å²) in [6, 6.07) is 0. The molecule has 1 heterocycles. The van der Waals surface area contributed by atoms with E-state index in [2.05, 4.69) is 24.8 Å². The van der Waals surface area contributed by atoms with Crippen molar-refractivity contribution < 1.29 is 9.68 Å². The number of rotatable bonds is 6. The van der Waals surface area contributed by atoms with Crippen LogP contribution in [0.15, 0.2) is 19.9 Å². The van der Waals surface area contributed by atoms with E-state index in [1.807, 2.05) is 13.8 Å². The van der Waals surface area contributed by atoms with Crippen molar-refractivity contribution in [2.45, 2.75) is 27.7 Å². The van der Waals surface area contributed by atoms with Crippen molar-refractivity contribution in [3.05, 3.63) is 19.9 Å². The summed E-state index contributed by atoms with van der Waals surface area (Å²) in [6.45, 7) is 9.33. The van der Waals surface area contributed by atoms with Gasteiger partial charge in [0.05, 0.1) is 17.5 Å². The summed E-state index contributed by atoms with van der Waals surface area (Å²) < 4.78 is 1.25. The second-order valence-corrected chi connectivity index (χ2v) is 5.52. The lowest BCUT2D eigenvalue weighted by Crippen LogP contribution is -2.18. The van der Waals surface area contributed by atoms with E-state index in [4.69, 9.17) is 9.68 Å². The molecule has 0 saturated heterocycles. The van der Waals surface area contributed by atoms with Crippen LogP contribution in [-0.2, 0) is 9.68 Å². The third-order valence-electron chi connectivity index (χ3n) is 1.62. The van der Waals surface area contributed by atoms with Crippen LogP contribution in [0, 0.1) is 0 Å². The molecule has 0 aromatic carbocycles. The summed E-state index contributed by atoms with van der Waals surface area (Å²) in [5, 5.41) is 1.91. The summed E-state index contributed by atoms with van der Waals surface area (Å²) in [5.74, 6) is 0. The van der Waals surface area contributed by atoms with Gasteiger partial charge in [-0.1, -0.05) is 29.1 Å². The van der Waals surface area contributed by atoms with Crippen LogP contribution in [0.3, 0.4) is 0 Å². The Morgan fingerprint density at radius 2 is 1.44 bits per heavy atom. The SMILES string of the molecule is CCONC1=C(NOCC)SC(=C(C)C)S1. The van der Waals surface area contributed by atoms with Gasteiger partial charge < -0.3 is 0 Å². The summed E-state index contributed by atoms with van der Waals surface area (Å²) in [6.07, 6.45) is 0. The van der Waals surface area contributed by atoms with E-state index < -0.39 is 0 Å². The highest BCUT2D eigenvalue weighted by molar-refractivity contribution is 8.28. The van der Waals surface area contributed by atoms with Gasteiger partial charge >= 0.3 is 0 Å². The molecule has 0 radical (unpaired) electrons. The normalized spacial score (nSPS) is 15.6. The highest BCUT2D eigenvalue weighted by Gasteiger charge is 2.22. The zero-order chi connectivity index (χ0) is 12.0. The fourth-order valence-electron chi connectivity index (χ4n) is 0.913. The molecule has 16 heavy (non-hydrogen) atoms. The minimum absolute atomic E-state index is 0.626. The Morgan fingerprint density at radius 3 is 1.75 bits per heavy atom. The number of hydrogen-bond acceptors (Lipinski definition) is 6. The number of hydroxylamine groups is 2. The maximum Gasteiger partial charge on any atom is 0.131 e. The van der Waals surface area contributed by atoms with E-state index in [0.717, 1.165) is 10.1 Å². The quantitative estimate of drug-likeness (QED) is 0.717. The van der Waals surface area contributed by atoms with Gasteiger partial charge in [-0.2, -0.15) is 0 Å². The van der Waals surface area contributed by atoms with Gasteiger partial charge in [-0.3, -0.25) is 20.6 Å². The molecule has 0 fully saturated rings. The lowest BCUT2D eigenvalue weighted by atomic mass is 10.4. The van der Waals surface area contributed by atoms with Gasteiger partial charge in [-0.05, 0) is 27.7 Å². The van der Waals surface area contributed by atoms with Crippen LogP contribution in [0.1, 0.15) is 27.7 Å². The van der Waals surface area contributed by atoms with E-state index in [-0.39, 0.29) is 0 Å². The Morgan fingerprint density at radius 1 is 1.00 bits per heavy atom. The molecule has 0 aromatic rings. The van der Waals surface area contributed by atoms with Crippen LogP contribution in [0.5, 0.6) is 0 Å². The molecule has 0 bridgehead atoms. The monoisotopic (exact) mass is 262 g/mol. The highest BCUT2D eigenvalue weighted by Crippen LogP contribution is 2.48. The van der Waals surface area contributed by atoms with Crippen LogP contribution in [0.2, 0.25) is 0 Å². The Balaban J connectivity index is 2.65. The summed E-state index contributed by atoms with van der Waals surface area (Å²) >= 11 is 3.32. The van der Waals surface area contributed by atoms with Gasteiger partial charge in [-0.25, -0.2) is 0 Å². The van der Waals surface area contributed by atoms with Crippen molar-refractivity contribution in [2.75, 3.05) is 13.2 Å². The van der Waals surface area contributed by atoms with Crippen molar-refractivity contribution >= 4 is 23.5 Å². The zero-order valence-corrected chi connectivity index (χ0v) is 11.7. The first kappa shape index (κ1) is 13.8. The van der Waals surface area contributed by atoms with Crippen molar-refractivity contribution in [3.63, 3.8) is 0 Å². The second kappa shape index (κ2) is 7.11. The van der Waals surface area contributed by atoms with Gasteiger partial charge in [0.1, 0.15) is 10.1 Å². The maximum absolute atomic E-state index is 5.20. The van der Waals surface area contributed by atoms with Crippen LogP contribution in [-0.4, -0.2) is 13.2 Å². The lowest BCUT2D eigenvalue weighted by Gasteiger charge is -2.08.